The van der Waals surface area contributed by atoms with Crippen LogP contribution >= 0.6 is 0 Å². The predicted molar refractivity (Wildman–Crippen MR) is 107 cm³/mol. The van der Waals surface area contributed by atoms with Crippen molar-refractivity contribution >= 4 is 22.1 Å². The number of rotatable bonds is 4. The van der Waals surface area contributed by atoms with Gasteiger partial charge in [-0.05, 0) is 48.7 Å². The molecule has 1 aliphatic heterocycles. The fourth-order valence-corrected chi connectivity index (χ4v) is 5.50. The van der Waals surface area contributed by atoms with Crippen molar-refractivity contribution < 1.29 is 131 Å². The van der Waals surface area contributed by atoms with E-state index in [-0.39, 0.29) is 121 Å². The summed E-state index contributed by atoms with van der Waals surface area (Å²) in [7, 11) is -4.39. The number of carboxylic acid groups (broad SMARTS) is 2. The first-order valence-electron chi connectivity index (χ1n) is 9.54. The Kier molecular flexibility index (Phi) is 10.9. The Morgan fingerprint density at radius 3 is 1.83 bits per heavy atom. The van der Waals surface area contributed by atoms with E-state index in [4.69, 9.17) is 4.18 Å². The minimum Gasteiger partial charge on any atom is -0.872 e. The molecule has 0 saturated carbocycles. The molecule has 0 spiro atoms. The molecule has 0 bridgehead atoms. The Balaban J connectivity index is 0.00000216. The van der Waals surface area contributed by atoms with Crippen molar-refractivity contribution in [3.8, 4) is 11.5 Å². The molecule has 170 valence electrons. The van der Waals surface area contributed by atoms with Gasteiger partial charge in [-0.2, -0.15) is 8.42 Å². The van der Waals surface area contributed by atoms with Crippen molar-refractivity contribution in [2.24, 2.45) is 0 Å². The van der Waals surface area contributed by atoms with Crippen LogP contribution in [0.15, 0.2) is 53.4 Å². The maximum atomic E-state index is 13.0. The molecule has 1 heterocycles. The first-order chi connectivity index (χ1) is 15.4. The smallest absolute Gasteiger partial charge is 0.872 e. The molecule has 4 rings (SSSR count). The number of carbonyl (C=O) groups excluding carboxylic acids is 1. The molecule has 3 aromatic rings. The van der Waals surface area contributed by atoms with Crippen molar-refractivity contribution in [1.82, 2.24) is 0 Å². The Morgan fingerprint density at radius 2 is 1.33 bits per heavy atom. The second kappa shape index (κ2) is 11.9. The number of fused-ring (bicyclic) bond motifs is 1. The average Bonchev–Trinajstić information content (AvgIpc) is 3.00. The fourth-order valence-electron chi connectivity index (χ4n) is 4.07. The number of hydrogen-bond donors (Lipinski definition) is 1. The van der Waals surface area contributed by atoms with Gasteiger partial charge < -0.3 is 25.2 Å². The third-order valence-corrected chi connectivity index (χ3v) is 6.95. The number of benzene rings is 3. The summed E-state index contributed by atoms with van der Waals surface area (Å²) in [6.45, 7) is 2.70. The molecule has 0 amide bonds. The van der Waals surface area contributed by atoms with Crippen LogP contribution in [0.1, 0.15) is 48.5 Å². The Morgan fingerprint density at radius 1 is 0.861 bits per heavy atom. The predicted octanol–water partition coefficient (Wildman–Crippen LogP) is -8.46. The van der Waals surface area contributed by atoms with Crippen molar-refractivity contribution in [2.45, 2.75) is 24.3 Å². The molecule has 0 fully saturated rings. The summed E-state index contributed by atoms with van der Waals surface area (Å²) < 4.78 is 31.5. The van der Waals surface area contributed by atoms with Crippen LogP contribution in [-0.4, -0.2) is 25.5 Å². The van der Waals surface area contributed by atoms with Crippen molar-refractivity contribution in [3.05, 3.63) is 87.5 Å². The Labute approximate surface area is 273 Å². The van der Waals surface area contributed by atoms with E-state index in [0.29, 0.717) is 0 Å². The Hall–Kier alpha value is -0.890. The number of aromatic carboxylic acids is 2. The molecule has 0 aliphatic carbocycles. The van der Waals surface area contributed by atoms with Gasteiger partial charge in [0.1, 0.15) is 4.90 Å². The average molecular weight is 536 g/mol. The standard InChI is InChI=1S/C23H18O9S.3Na/c1-11-7-13(9-15(19(11)24)21(26)27)23(14-8-12(2)20(25)16(10-14)22(28)29)17-5-3-4-6-18(17)33(30,31)32-23;;;/h3-10,24-25H,1-2H3,(H,26,27)(H,28,29);;;/q;3*+1/p-3. The number of aryl methyl sites for hydroxylation is 2. The SMILES string of the molecule is Cc1cc(C2(c3cc(C)c([O-])c(C(=O)O)c3)OS(=O)(=O)c3ccccc32)cc(C(=O)[O-])c1[O-].[Na+].[Na+].[Na+]. The van der Waals surface area contributed by atoms with Crippen LogP contribution in [-0.2, 0) is 19.9 Å². The summed E-state index contributed by atoms with van der Waals surface area (Å²) in [5, 5.41) is 45.8. The van der Waals surface area contributed by atoms with E-state index in [0.717, 1.165) is 12.1 Å². The minimum absolute atomic E-state index is 0. The van der Waals surface area contributed by atoms with Crippen LogP contribution in [0.4, 0.5) is 0 Å². The van der Waals surface area contributed by atoms with E-state index in [1.165, 1.54) is 50.2 Å². The van der Waals surface area contributed by atoms with Gasteiger partial charge in [-0.3, -0.25) is 0 Å². The number of hydrogen-bond acceptors (Lipinski definition) is 8. The van der Waals surface area contributed by atoms with Crippen LogP contribution in [0.25, 0.3) is 0 Å². The molecular formula is C23H15Na3O9S. The number of carboxylic acids is 2. The zero-order valence-electron chi connectivity index (χ0n) is 20.2. The summed E-state index contributed by atoms with van der Waals surface area (Å²) in [4.78, 5) is 23.1. The second-order valence-electron chi connectivity index (χ2n) is 7.65. The zero-order valence-corrected chi connectivity index (χ0v) is 27.1. The summed E-state index contributed by atoms with van der Waals surface area (Å²) in [6, 6.07) is 10.2. The van der Waals surface area contributed by atoms with Crippen LogP contribution in [0, 0.1) is 13.8 Å². The molecule has 1 aliphatic rings. The first kappa shape index (κ1) is 33.1. The molecule has 0 radical (unpaired) electrons. The molecule has 0 saturated heterocycles. The van der Waals surface area contributed by atoms with Crippen molar-refractivity contribution in [3.63, 3.8) is 0 Å². The zero-order chi connectivity index (χ0) is 24.3. The molecule has 36 heavy (non-hydrogen) atoms. The van der Waals surface area contributed by atoms with Crippen LogP contribution in [0.2, 0.25) is 0 Å². The van der Waals surface area contributed by atoms with Gasteiger partial charge in [-0.15, -0.1) is 0 Å². The summed E-state index contributed by atoms with van der Waals surface area (Å²) >= 11 is 0. The molecule has 9 nitrogen and oxygen atoms in total. The van der Waals surface area contributed by atoms with Gasteiger partial charge in [0.05, 0.1) is 11.5 Å². The van der Waals surface area contributed by atoms with E-state index >= 15 is 0 Å². The van der Waals surface area contributed by atoms with E-state index in [9.17, 15) is 38.4 Å². The van der Waals surface area contributed by atoms with E-state index in [1.807, 2.05) is 0 Å². The van der Waals surface area contributed by atoms with Gasteiger partial charge in [-0.1, -0.05) is 53.0 Å². The van der Waals surface area contributed by atoms with Gasteiger partial charge in [-0.25, -0.2) is 8.98 Å². The van der Waals surface area contributed by atoms with E-state index < -0.39 is 50.3 Å². The largest absolute Gasteiger partial charge is 1.00 e. The van der Waals surface area contributed by atoms with Gasteiger partial charge >= 0.3 is 94.6 Å². The van der Waals surface area contributed by atoms with Crippen molar-refractivity contribution in [1.29, 1.82) is 0 Å². The second-order valence-corrected chi connectivity index (χ2v) is 9.16. The maximum absolute atomic E-state index is 13.0. The number of carbonyl (C=O) groups is 2. The first-order valence-corrected chi connectivity index (χ1v) is 10.9. The third-order valence-electron chi connectivity index (χ3n) is 5.58. The third kappa shape index (κ3) is 5.32. The van der Waals surface area contributed by atoms with Crippen molar-refractivity contribution in [2.75, 3.05) is 0 Å². The van der Waals surface area contributed by atoms with Gasteiger partial charge in [0.15, 0.2) is 5.60 Å². The molecule has 3 aromatic carbocycles. The van der Waals surface area contributed by atoms with Crippen LogP contribution in [0.5, 0.6) is 11.5 Å². The van der Waals surface area contributed by atoms with Crippen LogP contribution < -0.4 is 104 Å². The minimum atomic E-state index is -4.39. The monoisotopic (exact) mass is 536 g/mol. The molecule has 1 N–H and O–H groups in total. The van der Waals surface area contributed by atoms with E-state index in [1.54, 1.807) is 0 Å². The van der Waals surface area contributed by atoms with Crippen LogP contribution in [0.3, 0.4) is 0 Å². The maximum Gasteiger partial charge on any atom is 1.00 e. The summed E-state index contributed by atoms with van der Waals surface area (Å²) in [6.07, 6.45) is 0. The summed E-state index contributed by atoms with van der Waals surface area (Å²) in [5.74, 6) is -4.89. The molecular weight excluding hydrogens is 521 g/mol. The van der Waals surface area contributed by atoms with Gasteiger partial charge in [0.25, 0.3) is 10.1 Å². The summed E-state index contributed by atoms with van der Waals surface area (Å²) in [5.41, 5.74) is -3.42. The van der Waals surface area contributed by atoms with Gasteiger partial charge in [0.2, 0.25) is 0 Å². The quantitative estimate of drug-likeness (QED) is 0.252. The molecule has 13 heteroatoms. The molecule has 0 aromatic heterocycles. The van der Waals surface area contributed by atoms with E-state index in [2.05, 4.69) is 0 Å². The van der Waals surface area contributed by atoms with Gasteiger partial charge in [0, 0.05) is 5.56 Å². The Bertz CT molecular complexity index is 1400. The topological polar surface area (TPSA) is 167 Å². The fraction of sp³-hybridized carbons (Fsp3) is 0.130. The molecule has 1 unspecified atom stereocenters. The molecule has 1 atom stereocenters. The normalized spacial score (nSPS) is 17.1.